The van der Waals surface area contributed by atoms with Crippen molar-refractivity contribution in [3.8, 4) is 5.75 Å². The molecule has 0 radical (unpaired) electrons. The van der Waals surface area contributed by atoms with E-state index in [-0.39, 0.29) is 27.5 Å². The summed E-state index contributed by atoms with van der Waals surface area (Å²) in [5, 5.41) is 2.38. The predicted molar refractivity (Wildman–Crippen MR) is 90.4 cm³/mol. The van der Waals surface area contributed by atoms with Crippen LogP contribution in [0.25, 0.3) is 10.2 Å². The summed E-state index contributed by atoms with van der Waals surface area (Å²) in [4.78, 5) is 20.2. The van der Waals surface area contributed by atoms with Gasteiger partial charge in [0, 0.05) is 12.3 Å². The minimum atomic E-state index is -4.82. The van der Waals surface area contributed by atoms with Crippen LogP contribution in [-0.4, -0.2) is 28.0 Å². The number of nitrogens with zero attached hydrogens (tertiary/aromatic N) is 2. The Morgan fingerprint density at radius 1 is 1.26 bits per heavy atom. The van der Waals surface area contributed by atoms with Gasteiger partial charge in [0.25, 0.3) is 11.7 Å². The second-order valence-corrected chi connectivity index (χ2v) is 6.89. The molecule has 5 nitrogen and oxygen atoms in total. The third-order valence-electron chi connectivity index (χ3n) is 3.03. The lowest BCUT2D eigenvalue weighted by atomic mass is 10.3. The monoisotopic (exact) mass is 421 g/mol. The van der Waals surface area contributed by atoms with Crippen LogP contribution in [0.15, 0.2) is 41.6 Å². The molecule has 0 fully saturated rings. The quantitative estimate of drug-likeness (QED) is 0.456. The van der Waals surface area contributed by atoms with Gasteiger partial charge < -0.3 is 4.74 Å². The van der Waals surface area contributed by atoms with Gasteiger partial charge in [-0.1, -0.05) is 11.3 Å². The second kappa shape index (κ2) is 7.64. The van der Waals surface area contributed by atoms with E-state index in [9.17, 15) is 26.7 Å². The normalized spacial score (nSPS) is 11.8. The van der Waals surface area contributed by atoms with Crippen molar-refractivity contribution in [2.24, 2.45) is 0 Å². The number of alkyl halides is 5. The molecule has 0 aliphatic carbocycles. The first-order chi connectivity index (χ1) is 12.7. The summed E-state index contributed by atoms with van der Waals surface area (Å²) in [5.74, 6) is -3.88. The van der Waals surface area contributed by atoms with Crippen LogP contribution in [0.2, 0.25) is 0 Å². The Labute approximate surface area is 156 Å². The lowest BCUT2D eigenvalue weighted by Gasteiger charge is -2.07. The van der Waals surface area contributed by atoms with Gasteiger partial charge >= 0.3 is 6.36 Å². The van der Waals surface area contributed by atoms with Crippen LogP contribution < -0.4 is 10.1 Å². The number of pyridine rings is 1. The van der Waals surface area contributed by atoms with E-state index in [1.165, 1.54) is 24.4 Å². The maximum Gasteiger partial charge on any atom is 0.573 e. The Balaban J connectivity index is 1.81. The van der Waals surface area contributed by atoms with Gasteiger partial charge in [-0.05, 0) is 36.0 Å². The minimum Gasteiger partial charge on any atom is -0.406 e. The van der Waals surface area contributed by atoms with E-state index in [2.05, 4.69) is 20.0 Å². The van der Waals surface area contributed by atoms with Crippen molar-refractivity contribution in [2.45, 2.75) is 17.1 Å². The van der Waals surface area contributed by atoms with Gasteiger partial charge in [-0.3, -0.25) is 10.1 Å². The number of amides is 1. The molecule has 0 unspecified atom stereocenters. The molecule has 0 atom stereocenters. The zero-order chi connectivity index (χ0) is 19.6. The number of hydrogen-bond donors (Lipinski definition) is 1. The number of aromatic nitrogens is 2. The number of rotatable bonds is 5. The molecule has 0 saturated carbocycles. The molecule has 142 valence electrons. The molecule has 3 aromatic rings. The number of halogens is 5. The molecule has 12 heteroatoms. The first-order valence-corrected chi connectivity index (χ1v) is 8.78. The van der Waals surface area contributed by atoms with Gasteiger partial charge in [0.1, 0.15) is 10.8 Å². The number of nitrogens with one attached hydrogen (secondary N) is 1. The summed E-state index contributed by atoms with van der Waals surface area (Å²) in [5.41, 5.74) is 0.279. The van der Waals surface area contributed by atoms with Crippen molar-refractivity contribution in [3.63, 3.8) is 0 Å². The van der Waals surface area contributed by atoms with Crippen LogP contribution in [0.4, 0.5) is 27.1 Å². The number of anilines is 1. The van der Waals surface area contributed by atoms with E-state index in [1.807, 2.05) is 0 Å². The van der Waals surface area contributed by atoms with Gasteiger partial charge in [0.05, 0.1) is 15.8 Å². The van der Waals surface area contributed by atoms with E-state index in [1.54, 1.807) is 0 Å². The average molecular weight is 421 g/mol. The molecule has 0 bridgehead atoms. The first kappa shape index (κ1) is 19.3. The molecule has 27 heavy (non-hydrogen) atoms. The summed E-state index contributed by atoms with van der Waals surface area (Å²) in [7, 11) is 0. The Hall–Kier alpha value is -2.47. The molecule has 1 N–H and O–H groups in total. The van der Waals surface area contributed by atoms with Crippen molar-refractivity contribution < 1.29 is 31.5 Å². The molecule has 0 aliphatic rings. The Kier molecular flexibility index (Phi) is 5.46. The molecule has 0 aliphatic heterocycles. The van der Waals surface area contributed by atoms with E-state index in [0.29, 0.717) is 10.2 Å². The van der Waals surface area contributed by atoms with Gasteiger partial charge in [0.2, 0.25) is 0 Å². The number of thioether (sulfide) groups is 1. The summed E-state index contributed by atoms with van der Waals surface area (Å²) in [6, 6.07) is 6.29. The van der Waals surface area contributed by atoms with Crippen molar-refractivity contribution in [1.29, 1.82) is 0 Å². The molecule has 1 amide bonds. The topological polar surface area (TPSA) is 64.1 Å². The Morgan fingerprint density at radius 3 is 2.74 bits per heavy atom. The fourth-order valence-corrected chi connectivity index (χ4v) is 3.53. The average Bonchev–Trinajstić information content (AvgIpc) is 2.94. The molecular formula is C15H8F5N3O2S2. The van der Waals surface area contributed by atoms with Gasteiger partial charge in [-0.15, -0.1) is 13.2 Å². The third-order valence-corrected chi connectivity index (χ3v) is 4.69. The van der Waals surface area contributed by atoms with Crippen LogP contribution in [0.5, 0.6) is 5.75 Å². The van der Waals surface area contributed by atoms with Crippen molar-refractivity contribution in [2.75, 3.05) is 5.32 Å². The fourth-order valence-electron chi connectivity index (χ4n) is 2.06. The summed E-state index contributed by atoms with van der Waals surface area (Å²) in [6.07, 6.45) is -3.55. The third kappa shape index (κ3) is 5.04. The second-order valence-electron chi connectivity index (χ2n) is 4.89. The highest BCUT2D eigenvalue weighted by atomic mass is 32.2. The number of thiazole rings is 1. The van der Waals surface area contributed by atoms with Crippen LogP contribution in [-0.2, 0) is 0 Å². The molecular weight excluding hydrogens is 413 g/mol. The fraction of sp³-hybridized carbons (Fsp3) is 0.133. The maximum absolute atomic E-state index is 12.6. The predicted octanol–water partition coefficient (Wildman–Crippen LogP) is 5.16. The number of carbonyl (C=O) groups excluding carboxylic acids is 1. The molecule has 2 aromatic heterocycles. The highest BCUT2D eigenvalue weighted by Gasteiger charge is 2.31. The van der Waals surface area contributed by atoms with Crippen LogP contribution in [0, 0.1) is 0 Å². The van der Waals surface area contributed by atoms with Crippen molar-refractivity contribution in [1.82, 2.24) is 9.97 Å². The molecule has 0 saturated heterocycles. The summed E-state index contributed by atoms with van der Waals surface area (Å²) >= 11 is 1.05. The van der Waals surface area contributed by atoms with Gasteiger partial charge in [-0.25, -0.2) is 9.97 Å². The Morgan fingerprint density at radius 2 is 2.04 bits per heavy atom. The largest absolute Gasteiger partial charge is 0.573 e. The number of ether oxygens (including phenoxy) is 1. The molecule has 2 heterocycles. The van der Waals surface area contributed by atoms with Crippen LogP contribution in [0.1, 0.15) is 10.4 Å². The number of benzene rings is 1. The molecule has 1 aromatic carbocycles. The number of carbonyl (C=O) groups is 1. The highest BCUT2D eigenvalue weighted by molar-refractivity contribution is 7.99. The van der Waals surface area contributed by atoms with Crippen molar-refractivity contribution >= 4 is 44.4 Å². The standard InChI is InChI=1S/C15H8F5N3O2S2/c16-13(17)27-12-8(2-1-5-21-12)11(24)23-14-22-9-4-3-7(6-10(9)26-14)25-15(18,19)20/h1-6,13H,(H,22,23,24). The van der Waals surface area contributed by atoms with Crippen LogP contribution in [0.3, 0.4) is 0 Å². The SMILES string of the molecule is O=C(Nc1nc2ccc(OC(F)(F)F)cc2s1)c1cccnc1SC(F)F. The first-order valence-electron chi connectivity index (χ1n) is 7.09. The lowest BCUT2D eigenvalue weighted by Crippen LogP contribution is -2.16. The van der Waals surface area contributed by atoms with Gasteiger partial charge in [-0.2, -0.15) is 8.78 Å². The highest BCUT2D eigenvalue weighted by Crippen LogP contribution is 2.32. The number of hydrogen-bond acceptors (Lipinski definition) is 6. The zero-order valence-electron chi connectivity index (χ0n) is 13.0. The van der Waals surface area contributed by atoms with Crippen molar-refractivity contribution in [3.05, 3.63) is 42.1 Å². The van der Waals surface area contributed by atoms with E-state index in [4.69, 9.17) is 0 Å². The summed E-state index contributed by atoms with van der Waals surface area (Å²) < 4.78 is 66.2. The number of fused-ring (bicyclic) bond motifs is 1. The van der Waals surface area contributed by atoms with E-state index < -0.39 is 23.8 Å². The van der Waals surface area contributed by atoms with E-state index >= 15 is 0 Å². The Bertz CT molecular complexity index is 977. The summed E-state index contributed by atoms with van der Waals surface area (Å²) in [6.45, 7) is 0. The molecule has 3 rings (SSSR count). The smallest absolute Gasteiger partial charge is 0.406 e. The minimum absolute atomic E-state index is 0.0665. The lowest BCUT2D eigenvalue weighted by molar-refractivity contribution is -0.274. The maximum atomic E-state index is 12.6. The van der Waals surface area contributed by atoms with Crippen LogP contribution >= 0.6 is 23.1 Å². The van der Waals surface area contributed by atoms with E-state index in [0.717, 1.165) is 23.5 Å². The zero-order valence-corrected chi connectivity index (χ0v) is 14.6. The van der Waals surface area contributed by atoms with Gasteiger partial charge in [0.15, 0.2) is 5.13 Å². The molecule has 0 spiro atoms.